The number of fused-ring (bicyclic) bond motifs is 1. The van der Waals surface area contributed by atoms with E-state index in [9.17, 15) is 0 Å². The van der Waals surface area contributed by atoms with E-state index >= 15 is 0 Å². The van der Waals surface area contributed by atoms with Gasteiger partial charge in [0.25, 0.3) is 0 Å². The van der Waals surface area contributed by atoms with Crippen LogP contribution >= 0.6 is 0 Å². The zero-order chi connectivity index (χ0) is 17.9. The summed E-state index contributed by atoms with van der Waals surface area (Å²) in [7, 11) is 1.92. The van der Waals surface area contributed by atoms with E-state index in [2.05, 4.69) is 51.8 Å². The third kappa shape index (κ3) is 3.61. The number of nitrogens with zero attached hydrogens (tertiary/aromatic N) is 3. The smallest absolute Gasteiger partial charge is 0.193 e. The molecule has 0 amide bonds. The van der Waals surface area contributed by atoms with Crippen LogP contribution in [0.25, 0.3) is 11.1 Å². The average Bonchev–Trinajstić information content (AvgIpc) is 3.28. The van der Waals surface area contributed by atoms with E-state index < -0.39 is 0 Å². The first-order valence-electron chi connectivity index (χ1n) is 8.94. The molecule has 4 rings (SSSR count). The van der Waals surface area contributed by atoms with Crippen molar-refractivity contribution in [3.05, 3.63) is 71.5 Å². The lowest BCUT2D eigenvalue weighted by Gasteiger charge is -2.08. The molecule has 1 aliphatic carbocycles. The second-order valence-electron chi connectivity index (χ2n) is 6.77. The summed E-state index contributed by atoms with van der Waals surface area (Å²) in [4.78, 5) is 4.49. The first-order chi connectivity index (χ1) is 12.7. The molecular weight excluding hydrogens is 322 g/mol. The number of nitrogens with one attached hydrogen (secondary N) is 1. The van der Waals surface area contributed by atoms with Gasteiger partial charge in [-0.15, -0.1) is 0 Å². The summed E-state index contributed by atoms with van der Waals surface area (Å²) in [6.45, 7) is 0.540. The SMILES string of the molecule is Cn1cc(-c2cccc(CN=C(N)Nc3ccc4c(c3)CCC4)c2)cn1. The predicted octanol–water partition coefficient (Wildman–Crippen LogP) is 3.50. The summed E-state index contributed by atoms with van der Waals surface area (Å²) >= 11 is 0. The van der Waals surface area contributed by atoms with Gasteiger partial charge in [-0.05, 0) is 59.7 Å². The van der Waals surface area contributed by atoms with Crippen molar-refractivity contribution in [3.8, 4) is 11.1 Å². The monoisotopic (exact) mass is 345 g/mol. The van der Waals surface area contributed by atoms with Crippen LogP contribution < -0.4 is 11.1 Å². The molecule has 0 radical (unpaired) electrons. The maximum absolute atomic E-state index is 6.08. The first kappa shape index (κ1) is 16.4. The van der Waals surface area contributed by atoms with Crippen molar-refractivity contribution < 1.29 is 0 Å². The Labute approximate surface area is 153 Å². The van der Waals surface area contributed by atoms with Crippen molar-refractivity contribution in [2.45, 2.75) is 25.8 Å². The normalized spacial score (nSPS) is 13.7. The van der Waals surface area contributed by atoms with Gasteiger partial charge < -0.3 is 11.1 Å². The molecule has 26 heavy (non-hydrogen) atoms. The topological polar surface area (TPSA) is 68.2 Å². The Hall–Kier alpha value is -3.08. The van der Waals surface area contributed by atoms with Gasteiger partial charge in [-0.3, -0.25) is 4.68 Å². The molecular formula is C21H23N5. The molecule has 0 unspecified atom stereocenters. The molecule has 2 aromatic carbocycles. The predicted molar refractivity (Wildman–Crippen MR) is 106 cm³/mol. The fourth-order valence-corrected chi connectivity index (χ4v) is 3.43. The maximum atomic E-state index is 6.08. The van der Waals surface area contributed by atoms with Crippen LogP contribution in [0.3, 0.4) is 0 Å². The Morgan fingerprint density at radius 2 is 2.04 bits per heavy atom. The van der Waals surface area contributed by atoms with Crippen molar-refractivity contribution in [1.29, 1.82) is 0 Å². The molecule has 0 aliphatic heterocycles. The van der Waals surface area contributed by atoms with Gasteiger partial charge >= 0.3 is 0 Å². The van der Waals surface area contributed by atoms with Gasteiger partial charge in [-0.1, -0.05) is 24.3 Å². The van der Waals surface area contributed by atoms with Crippen LogP contribution in [0, 0.1) is 0 Å². The van der Waals surface area contributed by atoms with Crippen molar-refractivity contribution in [3.63, 3.8) is 0 Å². The number of benzene rings is 2. The van der Waals surface area contributed by atoms with Gasteiger partial charge in [0.2, 0.25) is 0 Å². The van der Waals surface area contributed by atoms with Crippen LogP contribution in [0.15, 0.2) is 59.9 Å². The standard InChI is InChI=1S/C21H23N5/c1-26-14-19(13-24-26)17-6-2-4-15(10-17)12-23-21(22)25-20-9-8-16-5-3-7-18(16)11-20/h2,4,6,8-11,13-14H,3,5,7,12H2,1H3,(H3,22,23,25). The zero-order valence-corrected chi connectivity index (χ0v) is 14.9. The molecule has 3 N–H and O–H groups in total. The molecule has 1 heterocycles. The summed E-state index contributed by atoms with van der Waals surface area (Å²) < 4.78 is 1.80. The number of aromatic nitrogens is 2. The van der Waals surface area contributed by atoms with E-state index in [0.717, 1.165) is 28.8 Å². The lowest BCUT2D eigenvalue weighted by atomic mass is 10.1. The fraction of sp³-hybridized carbons (Fsp3) is 0.238. The van der Waals surface area contributed by atoms with Gasteiger partial charge in [0, 0.05) is 24.5 Å². The van der Waals surface area contributed by atoms with Crippen molar-refractivity contribution >= 4 is 11.6 Å². The van der Waals surface area contributed by atoms with Gasteiger partial charge in [0.1, 0.15) is 0 Å². The van der Waals surface area contributed by atoms with E-state index in [4.69, 9.17) is 5.73 Å². The summed E-state index contributed by atoms with van der Waals surface area (Å²) in [6.07, 6.45) is 7.46. The summed E-state index contributed by atoms with van der Waals surface area (Å²) in [5, 5.41) is 7.43. The lowest BCUT2D eigenvalue weighted by molar-refractivity contribution is 0.768. The molecule has 0 saturated carbocycles. The molecule has 0 saturated heterocycles. The highest BCUT2D eigenvalue weighted by molar-refractivity contribution is 5.92. The Morgan fingerprint density at radius 3 is 2.88 bits per heavy atom. The number of aryl methyl sites for hydroxylation is 3. The molecule has 1 aliphatic rings. The number of nitrogens with two attached hydrogens (primary N) is 1. The number of hydrogen-bond acceptors (Lipinski definition) is 2. The number of hydrogen-bond donors (Lipinski definition) is 2. The van der Waals surface area contributed by atoms with Crippen LogP contribution in [0.2, 0.25) is 0 Å². The minimum Gasteiger partial charge on any atom is -0.370 e. The van der Waals surface area contributed by atoms with E-state index in [-0.39, 0.29) is 0 Å². The van der Waals surface area contributed by atoms with E-state index in [1.54, 1.807) is 4.68 Å². The van der Waals surface area contributed by atoms with E-state index in [0.29, 0.717) is 12.5 Å². The summed E-state index contributed by atoms with van der Waals surface area (Å²) in [6, 6.07) is 14.8. The quantitative estimate of drug-likeness (QED) is 0.562. The Bertz CT molecular complexity index is 955. The Morgan fingerprint density at radius 1 is 1.15 bits per heavy atom. The van der Waals surface area contributed by atoms with Crippen molar-refractivity contribution in [1.82, 2.24) is 9.78 Å². The minimum absolute atomic E-state index is 0.440. The number of guanidine groups is 1. The van der Waals surface area contributed by atoms with E-state index in [1.165, 1.54) is 24.0 Å². The van der Waals surface area contributed by atoms with E-state index in [1.807, 2.05) is 25.5 Å². The summed E-state index contributed by atoms with van der Waals surface area (Å²) in [5.74, 6) is 0.440. The van der Waals surface area contributed by atoms with Gasteiger partial charge in [0.05, 0.1) is 12.7 Å². The van der Waals surface area contributed by atoms with Crippen LogP contribution in [-0.4, -0.2) is 15.7 Å². The van der Waals surface area contributed by atoms with Crippen LogP contribution in [-0.2, 0) is 26.4 Å². The van der Waals surface area contributed by atoms with Gasteiger partial charge in [-0.2, -0.15) is 5.10 Å². The maximum Gasteiger partial charge on any atom is 0.193 e. The fourth-order valence-electron chi connectivity index (χ4n) is 3.43. The third-order valence-corrected chi connectivity index (χ3v) is 4.77. The molecule has 0 fully saturated rings. The second-order valence-corrected chi connectivity index (χ2v) is 6.77. The van der Waals surface area contributed by atoms with Crippen LogP contribution in [0.4, 0.5) is 5.69 Å². The Kier molecular flexibility index (Phi) is 4.44. The van der Waals surface area contributed by atoms with Crippen LogP contribution in [0.5, 0.6) is 0 Å². The Balaban J connectivity index is 1.44. The van der Waals surface area contributed by atoms with Crippen LogP contribution in [0.1, 0.15) is 23.1 Å². The van der Waals surface area contributed by atoms with Gasteiger partial charge in [-0.25, -0.2) is 4.99 Å². The van der Waals surface area contributed by atoms with Crippen molar-refractivity contribution in [2.75, 3.05) is 5.32 Å². The zero-order valence-electron chi connectivity index (χ0n) is 14.9. The molecule has 0 atom stereocenters. The molecule has 0 spiro atoms. The molecule has 5 heteroatoms. The molecule has 3 aromatic rings. The first-order valence-corrected chi connectivity index (χ1v) is 8.94. The molecule has 1 aromatic heterocycles. The minimum atomic E-state index is 0.440. The number of anilines is 1. The highest BCUT2D eigenvalue weighted by atomic mass is 15.2. The lowest BCUT2D eigenvalue weighted by Crippen LogP contribution is -2.22. The highest BCUT2D eigenvalue weighted by Gasteiger charge is 2.10. The number of rotatable bonds is 4. The molecule has 0 bridgehead atoms. The third-order valence-electron chi connectivity index (χ3n) is 4.77. The van der Waals surface area contributed by atoms with Crippen molar-refractivity contribution in [2.24, 2.45) is 17.8 Å². The van der Waals surface area contributed by atoms with Gasteiger partial charge in [0.15, 0.2) is 5.96 Å². The highest BCUT2D eigenvalue weighted by Crippen LogP contribution is 2.25. The summed E-state index contributed by atoms with van der Waals surface area (Å²) in [5.41, 5.74) is 13.3. The molecule has 5 nitrogen and oxygen atoms in total. The average molecular weight is 345 g/mol. The number of aliphatic imine (C=N–C) groups is 1. The second kappa shape index (κ2) is 7.04. The molecule has 132 valence electrons. The largest absolute Gasteiger partial charge is 0.370 e.